The predicted molar refractivity (Wildman–Crippen MR) is 291 cm³/mol. The van der Waals surface area contributed by atoms with Crippen molar-refractivity contribution in [3.63, 3.8) is 0 Å². The number of hydrogen-bond acceptors (Lipinski definition) is 8. The van der Waals surface area contributed by atoms with E-state index in [9.17, 15) is 4.79 Å². The van der Waals surface area contributed by atoms with Gasteiger partial charge in [-0.3, -0.25) is 19.8 Å². The van der Waals surface area contributed by atoms with E-state index >= 15 is 0 Å². The van der Waals surface area contributed by atoms with Crippen LogP contribution in [0.2, 0.25) is 0 Å². The molecule has 15 heteroatoms. The van der Waals surface area contributed by atoms with Crippen molar-refractivity contribution in [1.82, 2.24) is 48.7 Å². The maximum Gasteiger partial charge on any atom is 0.321 e. The smallest absolute Gasteiger partial charge is 0.321 e. The Morgan fingerprint density at radius 1 is 0.662 bits per heavy atom. The molecule has 0 radical (unpaired) electrons. The number of piperazine rings is 2. The van der Waals surface area contributed by atoms with E-state index in [0.29, 0.717) is 31.0 Å². The minimum atomic E-state index is -0.126. The van der Waals surface area contributed by atoms with Gasteiger partial charge in [0.1, 0.15) is 11.6 Å². The molecule has 11 rings (SSSR count). The number of likely N-dealkylation sites (N-methyl/N-ethyl adjacent to an activating group) is 1. The Balaban J connectivity index is 0.000000180. The lowest BCUT2D eigenvalue weighted by molar-refractivity contribution is 0.125. The second-order valence-corrected chi connectivity index (χ2v) is 20.1. The lowest BCUT2D eigenvalue weighted by Gasteiger charge is -2.39. The van der Waals surface area contributed by atoms with Gasteiger partial charge in [0, 0.05) is 128 Å². The second-order valence-electron chi connectivity index (χ2n) is 18.2. The average Bonchev–Trinajstić information content (AvgIpc) is 3.91. The van der Waals surface area contributed by atoms with Crippen molar-refractivity contribution in [1.29, 1.82) is 0 Å². The number of halogens is 2. The normalized spacial score (nSPS) is 17.8. The molecule has 71 heavy (non-hydrogen) atoms. The molecule has 0 bridgehead atoms. The number of nitrogens with one attached hydrogen (secondary N) is 1. The Labute approximate surface area is 433 Å². The fraction of sp³-hybridized carbons (Fsp3) is 0.286. The van der Waals surface area contributed by atoms with E-state index in [-0.39, 0.29) is 25.5 Å². The molecular weight excluding hydrogens is 1020 g/mol. The fourth-order valence-electron chi connectivity index (χ4n) is 10.1. The zero-order valence-electron chi connectivity index (χ0n) is 39.5. The van der Waals surface area contributed by atoms with Crippen LogP contribution in [-0.2, 0) is 13.1 Å². The van der Waals surface area contributed by atoms with Gasteiger partial charge >= 0.3 is 6.03 Å². The number of carbonyl (C=O) groups excluding carboxylic acids is 1. The molecule has 2 unspecified atom stereocenters. The molecule has 0 spiro atoms. The lowest BCUT2D eigenvalue weighted by Crippen LogP contribution is -2.51. The van der Waals surface area contributed by atoms with Crippen LogP contribution in [0.5, 0.6) is 0 Å². The molecule has 2 amide bonds. The molecule has 6 heterocycles. The third-order valence-electron chi connectivity index (χ3n) is 13.9. The Morgan fingerprint density at radius 3 is 1.58 bits per heavy atom. The second kappa shape index (κ2) is 21.8. The zero-order valence-corrected chi connectivity index (χ0v) is 42.7. The summed E-state index contributed by atoms with van der Waals surface area (Å²) in [6.07, 6.45) is 16.2. The van der Waals surface area contributed by atoms with E-state index in [1.165, 1.54) is 39.0 Å². The lowest BCUT2D eigenvalue weighted by atomic mass is 9.95. The van der Waals surface area contributed by atoms with Crippen molar-refractivity contribution in [3.05, 3.63) is 199 Å². The third-order valence-corrected chi connectivity index (χ3v) is 14.7. The number of aromatic nitrogens is 6. The van der Waals surface area contributed by atoms with Crippen LogP contribution in [0.3, 0.4) is 0 Å². The molecule has 2 atom stereocenters. The molecule has 362 valence electrons. The summed E-state index contributed by atoms with van der Waals surface area (Å²) < 4.78 is 6.31. The van der Waals surface area contributed by atoms with Gasteiger partial charge in [-0.25, -0.2) is 19.6 Å². The fourth-order valence-corrected chi connectivity index (χ4v) is 10.7. The molecule has 4 aliphatic rings. The largest absolute Gasteiger partial charge is 0.331 e. The maximum absolute atomic E-state index is 13.0. The number of rotatable bonds is 7. The van der Waals surface area contributed by atoms with Crippen LogP contribution in [0, 0.1) is 20.4 Å². The number of urea groups is 1. The summed E-state index contributed by atoms with van der Waals surface area (Å²) in [5, 5.41) is 2.97. The standard InChI is InChI=1S/C31H28BrN7O.C24H26BrN5.CH4/c1-21-34-11-12-39(21)20-23-17-22-5-3-4-6-27(22)30(29-28(23)18-24(32)19-35-29)37-13-15-38(16-14-37)31(40)36-26-9-7-25(33-2)8-10-26;1-17-26-7-8-30(17)16-19-13-18-5-3-4-6-21(18)24(29-11-9-28(2)10-12-29)23-22(19)14-20(25)15-27-23;/h3-12,17-19,30H,13-16,20H2,1H3,(H,36,40);3-8,13-15,24H,9-12,16H2,1-2H3;1H4. The van der Waals surface area contributed by atoms with E-state index in [0.717, 1.165) is 83.4 Å². The maximum atomic E-state index is 13.0. The number of anilines is 1. The molecule has 0 saturated carbocycles. The van der Waals surface area contributed by atoms with Gasteiger partial charge in [-0.15, -0.1) is 0 Å². The van der Waals surface area contributed by atoms with Gasteiger partial charge < -0.3 is 24.3 Å². The number of fused-ring (bicyclic) bond motifs is 4. The summed E-state index contributed by atoms with van der Waals surface area (Å²) in [7, 11) is 2.20. The van der Waals surface area contributed by atoms with E-state index in [1.807, 2.05) is 42.8 Å². The molecule has 13 nitrogen and oxygen atoms in total. The molecule has 2 fully saturated rings. The minimum absolute atomic E-state index is 0. The number of hydrogen-bond donors (Lipinski definition) is 1. The van der Waals surface area contributed by atoms with Gasteiger partial charge in [-0.05, 0) is 123 Å². The Hall–Kier alpha value is -6.54. The average molecular weight is 1070 g/mol. The summed E-state index contributed by atoms with van der Waals surface area (Å²) in [6, 6.07) is 28.7. The first-order valence-electron chi connectivity index (χ1n) is 23.7. The van der Waals surface area contributed by atoms with E-state index in [4.69, 9.17) is 16.5 Å². The Morgan fingerprint density at radius 2 is 1.13 bits per heavy atom. The molecule has 4 aromatic heterocycles. The molecule has 2 saturated heterocycles. The van der Waals surface area contributed by atoms with Gasteiger partial charge in [0.25, 0.3) is 0 Å². The van der Waals surface area contributed by atoms with Crippen LogP contribution in [0.15, 0.2) is 131 Å². The topological polar surface area (TPSA) is 108 Å². The highest BCUT2D eigenvalue weighted by molar-refractivity contribution is 9.10. The van der Waals surface area contributed by atoms with Crippen LogP contribution in [0.4, 0.5) is 16.2 Å². The summed E-state index contributed by atoms with van der Waals surface area (Å²) in [5.41, 5.74) is 13.2. The minimum Gasteiger partial charge on any atom is -0.331 e. The molecule has 2 aliphatic carbocycles. The summed E-state index contributed by atoms with van der Waals surface area (Å²) >= 11 is 7.32. The van der Waals surface area contributed by atoms with Crippen molar-refractivity contribution in [2.45, 2.75) is 46.4 Å². The summed E-state index contributed by atoms with van der Waals surface area (Å²) in [4.78, 5) is 44.5. The summed E-state index contributed by atoms with van der Waals surface area (Å²) in [6.45, 7) is 19.6. The SMILES string of the molecule is C.Cc1nccn1CC1=Cc2ccccc2C(N2CCN(C)CC2)c2ncc(Br)cc21.[C-]#[N+]c1ccc(NC(=O)N2CCN(C3c4ccccc4C=C(Cn4ccnc4C)c4cc(Br)cnc43)CC2)cc1. The number of amides is 2. The first kappa shape index (κ1) is 49.4. The summed E-state index contributed by atoms with van der Waals surface area (Å²) in [5.74, 6) is 1.99. The van der Waals surface area contributed by atoms with Crippen molar-refractivity contribution < 1.29 is 4.79 Å². The number of carbonyl (C=O) groups is 1. The van der Waals surface area contributed by atoms with Gasteiger partial charge in [-0.1, -0.05) is 68.1 Å². The predicted octanol–water partition coefficient (Wildman–Crippen LogP) is 11.3. The van der Waals surface area contributed by atoms with Crippen LogP contribution in [-0.4, -0.2) is 114 Å². The third kappa shape index (κ3) is 10.7. The van der Waals surface area contributed by atoms with Crippen LogP contribution < -0.4 is 5.32 Å². The molecule has 7 aromatic rings. The molecule has 1 N–H and O–H groups in total. The van der Waals surface area contributed by atoms with Gasteiger partial charge in [0.2, 0.25) is 0 Å². The number of aryl methyl sites for hydroxylation is 2. The van der Waals surface area contributed by atoms with Gasteiger partial charge in [-0.2, -0.15) is 0 Å². The molecule has 3 aromatic carbocycles. The first-order chi connectivity index (χ1) is 34.1. The van der Waals surface area contributed by atoms with Crippen molar-refractivity contribution >= 4 is 72.6 Å². The molecular formula is C56H58Br2N12O. The van der Waals surface area contributed by atoms with Gasteiger partial charge in [0.05, 0.1) is 30.0 Å². The van der Waals surface area contributed by atoms with E-state index < -0.39 is 0 Å². The number of nitrogens with zero attached hydrogens (tertiary/aromatic N) is 11. The van der Waals surface area contributed by atoms with Crippen LogP contribution >= 0.6 is 31.9 Å². The van der Waals surface area contributed by atoms with Crippen molar-refractivity contribution in [2.75, 3.05) is 64.7 Å². The van der Waals surface area contributed by atoms with E-state index in [2.05, 4.69) is 169 Å². The molecule has 2 aliphatic heterocycles. The quantitative estimate of drug-likeness (QED) is 0.157. The zero-order chi connectivity index (χ0) is 48.3. The Kier molecular flexibility index (Phi) is 15.2. The highest BCUT2D eigenvalue weighted by Gasteiger charge is 2.35. The highest BCUT2D eigenvalue weighted by atomic mass is 79.9. The number of imidazole rings is 2. The Bertz CT molecular complexity index is 3140. The van der Waals surface area contributed by atoms with Crippen LogP contribution in [0.25, 0.3) is 28.1 Å². The van der Waals surface area contributed by atoms with Crippen molar-refractivity contribution in [2.24, 2.45) is 0 Å². The number of allylic oxidation sites excluding steroid dienone is 2. The number of benzene rings is 3. The van der Waals surface area contributed by atoms with Crippen LogP contribution in [0.1, 0.15) is 75.9 Å². The number of pyridine rings is 2. The highest BCUT2D eigenvalue weighted by Crippen LogP contribution is 2.42. The van der Waals surface area contributed by atoms with Crippen molar-refractivity contribution in [3.8, 4) is 0 Å². The van der Waals surface area contributed by atoms with E-state index in [1.54, 1.807) is 24.3 Å². The monoisotopic (exact) mass is 1070 g/mol. The van der Waals surface area contributed by atoms with Gasteiger partial charge in [0.15, 0.2) is 5.69 Å². The first-order valence-corrected chi connectivity index (χ1v) is 25.2.